The smallest absolute Gasteiger partial charge is 0.226 e. The van der Waals surface area contributed by atoms with E-state index >= 15 is 0 Å². The zero-order valence-corrected chi connectivity index (χ0v) is 23.0. The number of piperidine rings is 1. The van der Waals surface area contributed by atoms with Crippen molar-refractivity contribution in [3.05, 3.63) is 42.4 Å². The van der Waals surface area contributed by atoms with E-state index in [1.807, 2.05) is 32.0 Å². The summed E-state index contributed by atoms with van der Waals surface area (Å²) in [6, 6.07) is 8.46. The van der Waals surface area contributed by atoms with E-state index in [9.17, 15) is 15.2 Å². The van der Waals surface area contributed by atoms with Crippen molar-refractivity contribution in [2.24, 2.45) is 5.92 Å². The standard InChI is InChI=1S/C29H36N6O4/c1-5-38-9-8-19(2)28(36)35-22-10-23(35)16-33(15-22)26-7-6-20(13-31-26)25-11-24(39-18-29(3,4)37)17-34-27(25)21(12-30)14-32-34/h6-7,11,13-14,17,19,22-23,37H,5,8-10,15-16,18H2,1-4H3. The molecular formula is C29H36N6O4. The Morgan fingerprint density at radius 1 is 1.28 bits per heavy atom. The van der Waals surface area contributed by atoms with Crippen molar-refractivity contribution in [2.45, 2.75) is 58.2 Å². The van der Waals surface area contributed by atoms with Crippen LogP contribution in [0.3, 0.4) is 0 Å². The SMILES string of the molecule is CCOCCC(C)C(=O)N1C2CC1CN(c1ccc(-c3cc(OCC(C)(C)O)cn4ncc(C#N)c34)cn1)C2. The maximum absolute atomic E-state index is 13.0. The van der Waals surface area contributed by atoms with E-state index in [0.29, 0.717) is 30.0 Å². The fourth-order valence-electron chi connectivity index (χ4n) is 5.41. The van der Waals surface area contributed by atoms with Crippen LogP contribution in [0.2, 0.25) is 0 Å². The molecule has 0 aromatic carbocycles. The lowest BCUT2D eigenvalue weighted by molar-refractivity contribution is -0.150. The van der Waals surface area contributed by atoms with E-state index < -0.39 is 5.60 Å². The first-order valence-corrected chi connectivity index (χ1v) is 13.6. The molecule has 0 radical (unpaired) electrons. The molecule has 3 unspecified atom stereocenters. The second-order valence-corrected chi connectivity index (χ2v) is 11.1. The van der Waals surface area contributed by atoms with Crippen LogP contribution in [0, 0.1) is 17.2 Å². The molecule has 10 nitrogen and oxygen atoms in total. The molecule has 1 N–H and O–H groups in total. The number of nitriles is 1. The summed E-state index contributed by atoms with van der Waals surface area (Å²) in [5.41, 5.74) is 1.75. The molecule has 1 amide bonds. The Kier molecular flexibility index (Phi) is 7.47. The monoisotopic (exact) mass is 532 g/mol. The van der Waals surface area contributed by atoms with Gasteiger partial charge >= 0.3 is 0 Å². The number of carbonyl (C=O) groups excluding carboxylic acids is 1. The predicted octanol–water partition coefficient (Wildman–Crippen LogP) is 3.27. The van der Waals surface area contributed by atoms with Crippen molar-refractivity contribution in [3.63, 3.8) is 0 Å². The molecule has 3 atom stereocenters. The van der Waals surface area contributed by atoms with Gasteiger partial charge in [0.15, 0.2) is 0 Å². The minimum absolute atomic E-state index is 0.0346. The minimum Gasteiger partial charge on any atom is -0.489 e. The molecule has 0 saturated carbocycles. The molecule has 3 aromatic rings. The number of fused-ring (bicyclic) bond motifs is 3. The molecule has 0 aliphatic carbocycles. The van der Waals surface area contributed by atoms with Crippen molar-refractivity contribution >= 4 is 17.2 Å². The highest BCUT2D eigenvalue weighted by Gasteiger charge is 2.48. The maximum Gasteiger partial charge on any atom is 0.226 e. The largest absolute Gasteiger partial charge is 0.489 e. The van der Waals surface area contributed by atoms with Crippen molar-refractivity contribution in [2.75, 3.05) is 37.8 Å². The number of aliphatic hydroxyl groups is 1. The third kappa shape index (κ3) is 5.56. The van der Waals surface area contributed by atoms with Crippen molar-refractivity contribution < 1.29 is 19.4 Å². The second-order valence-electron chi connectivity index (χ2n) is 11.1. The second kappa shape index (κ2) is 10.8. The van der Waals surface area contributed by atoms with E-state index in [4.69, 9.17) is 14.5 Å². The Hall–Kier alpha value is -3.68. The first kappa shape index (κ1) is 26.9. The summed E-state index contributed by atoms with van der Waals surface area (Å²) in [4.78, 5) is 22.1. The first-order chi connectivity index (χ1) is 18.7. The molecule has 3 fully saturated rings. The fraction of sp³-hybridized carbons (Fsp3) is 0.517. The number of nitrogens with zero attached hydrogens (tertiary/aromatic N) is 6. The lowest BCUT2D eigenvalue weighted by Gasteiger charge is -2.57. The average molecular weight is 533 g/mol. The van der Waals surface area contributed by atoms with Gasteiger partial charge in [0.25, 0.3) is 0 Å². The van der Waals surface area contributed by atoms with Crippen LogP contribution in [-0.2, 0) is 9.53 Å². The summed E-state index contributed by atoms with van der Waals surface area (Å²) in [5.74, 6) is 1.59. The number of anilines is 1. The van der Waals surface area contributed by atoms with Gasteiger partial charge in [0.2, 0.25) is 5.91 Å². The van der Waals surface area contributed by atoms with Crippen LogP contribution in [0.25, 0.3) is 16.6 Å². The molecule has 6 rings (SSSR count). The van der Waals surface area contributed by atoms with Gasteiger partial charge in [-0.1, -0.05) is 6.92 Å². The fourth-order valence-corrected chi connectivity index (χ4v) is 5.41. The van der Waals surface area contributed by atoms with Crippen LogP contribution in [0.4, 0.5) is 5.82 Å². The Morgan fingerprint density at radius 2 is 2.05 bits per heavy atom. The summed E-state index contributed by atoms with van der Waals surface area (Å²) in [6.45, 7) is 10.2. The van der Waals surface area contributed by atoms with Crippen LogP contribution in [0.15, 0.2) is 36.8 Å². The minimum atomic E-state index is -0.989. The topological polar surface area (TPSA) is 116 Å². The number of pyridine rings is 2. The summed E-state index contributed by atoms with van der Waals surface area (Å²) in [7, 11) is 0. The number of aromatic nitrogens is 3. The van der Waals surface area contributed by atoms with Crippen LogP contribution in [0.5, 0.6) is 5.75 Å². The lowest BCUT2D eigenvalue weighted by atomic mass is 9.85. The van der Waals surface area contributed by atoms with Gasteiger partial charge in [0.05, 0.1) is 41.2 Å². The molecule has 10 heteroatoms. The maximum atomic E-state index is 13.0. The van der Waals surface area contributed by atoms with Gasteiger partial charge < -0.3 is 24.4 Å². The molecule has 3 saturated heterocycles. The van der Waals surface area contributed by atoms with E-state index in [1.165, 1.54) is 6.20 Å². The quantitative estimate of drug-likeness (QED) is 0.396. The lowest BCUT2D eigenvalue weighted by Crippen LogP contribution is -2.71. The van der Waals surface area contributed by atoms with E-state index in [2.05, 4.69) is 21.0 Å². The van der Waals surface area contributed by atoms with Gasteiger partial charge in [0, 0.05) is 49.5 Å². The molecule has 3 aliphatic heterocycles. The average Bonchev–Trinajstić information content (AvgIpc) is 3.34. The van der Waals surface area contributed by atoms with Gasteiger partial charge in [-0.05, 0) is 51.8 Å². The third-order valence-corrected chi connectivity index (χ3v) is 7.45. The van der Waals surface area contributed by atoms with Gasteiger partial charge in [-0.15, -0.1) is 0 Å². The molecule has 39 heavy (non-hydrogen) atoms. The highest BCUT2D eigenvalue weighted by atomic mass is 16.5. The molecule has 6 heterocycles. The summed E-state index contributed by atoms with van der Waals surface area (Å²) >= 11 is 0. The summed E-state index contributed by atoms with van der Waals surface area (Å²) < 4.78 is 12.9. The van der Waals surface area contributed by atoms with E-state index in [-0.39, 0.29) is 30.5 Å². The Labute approximate surface area is 228 Å². The molecule has 206 valence electrons. The number of hydrogen-bond acceptors (Lipinski definition) is 8. The van der Waals surface area contributed by atoms with Crippen LogP contribution in [-0.4, -0.2) is 81.1 Å². The molecule has 0 spiro atoms. The predicted molar refractivity (Wildman–Crippen MR) is 146 cm³/mol. The number of piperazine rings is 1. The number of ether oxygens (including phenoxy) is 2. The summed E-state index contributed by atoms with van der Waals surface area (Å²) in [6.07, 6.45) is 6.82. The van der Waals surface area contributed by atoms with Crippen molar-refractivity contribution in [1.82, 2.24) is 19.5 Å². The highest BCUT2D eigenvalue weighted by Crippen LogP contribution is 2.37. The zero-order chi connectivity index (χ0) is 27.7. The Balaban J connectivity index is 1.32. The molecule has 3 aromatic heterocycles. The summed E-state index contributed by atoms with van der Waals surface area (Å²) in [5, 5.41) is 24.0. The molecular weight excluding hydrogens is 496 g/mol. The van der Waals surface area contributed by atoms with Crippen molar-refractivity contribution in [3.8, 4) is 22.9 Å². The van der Waals surface area contributed by atoms with Crippen molar-refractivity contribution in [1.29, 1.82) is 5.26 Å². The van der Waals surface area contributed by atoms with Crippen LogP contribution in [0.1, 0.15) is 46.1 Å². The van der Waals surface area contributed by atoms with E-state index in [1.54, 1.807) is 30.8 Å². The first-order valence-electron chi connectivity index (χ1n) is 13.6. The number of hydrogen-bond donors (Lipinski definition) is 1. The normalized spacial score (nSPS) is 19.5. The molecule has 2 bridgehead atoms. The van der Waals surface area contributed by atoms with Gasteiger partial charge in [-0.25, -0.2) is 9.50 Å². The zero-order valence-electron chi connectivity index (χ0n) is 23.0. The van der Waals surface area contributed by atoms with Crippen LogP contribution < -0.4 is 9.64 Å². The Bertz CT molecular complexity index is 1360. The highest BCUT2D eigenvalue weighted by molar-refractivity contribution is 5.85. The third-order valence-electron chi connectivity index (χ3n) is 7.45. The van der Waals surface area contributed by atoms with Gasteiger partial charge in [0.1, 0.15) is 24.2 Å². The Morgan fingerprint density at radius 3 is 2.69 bits per heavy atom. The van der Waals surface area contributed by atoms with E-state index in [0.717, 1.165) is 42.9 Å². The number of amides is 1. The molecule has 3 aliphatic rings. The van der Waals surface area contributed by atoms with Gasteiger partial charge in [-0.3, -0.25) is 4.79 Å². The van der Waals surface area contributed by atoms with Crippen LogP contribution >= 0.6 is 0 Å². The number of carbonyl (C=O) groups is 1. The number of rotatable bonds is 10. The van der Waals surface area contributed by atoms with Gasteiger partial charge in [-0.2, -0.15) is 10.4 Å².